The Hall–Kier alpha value is -1.10. The molecule has 2 heterocycles. The Balaban J connectivity index is 1.57. The van der Waals surface area contributed by atoms with Gasteiger partial charge in [-0.05, 0) is 29.3 Å². The second-order valence-corrected chi connectivity index (χ2v) is 6.15. The summed E-state index contributed by atoms with van der Waals surface area (Å²) in [5, 5.41) is 0. The number of halogens is 1. The van der Waals surface area contributed by atoms with E-state index >= 15 is 0 Å². The highest BCUT2D eigenvalue weighted by Gasteiger charge is 2.39. The van der Waals surface area contributed by atoms with Gasteiger partial charge in [0.05, 0.1) is 6.20 Å². The van der Waals surface area contributed by atoms with Crippen LogP contribution in [0.1, 0.15) is 31.2 Å². The summed E-state index contributed by atoms with van der Waals surface area (Å²) < 4.78 is 6.92. The van der Waals surface area contributed by atoms with Gasteiger partial charge in [-0.1, -0.05) is 0 Å². The zero-order chi connectivity index (χ0) is 13.4. The standard InChI is InChI=1S/C14H17BrN2O2/c1-9-12(15)7-16-8-13(9)19-11-5-10(6-11)17-4-2-3-14(17)18/h7-8,10-11H,2-6H2,1H3. The van der Waals surface area contributed by atoms with E-state index in [0.717, 1.165) is 48.0 Å². The molecule has 19 heavy (non-hydrogen) atoms. The minimum absolute atomic E-state index is 0.216. The first-order valence-electron chi connectivity index (χ1n) is 6.71. The van der Waals surface area contributed by atoms with Crippen molar-refractivity contribution in [3.63, 3.8) is 0 Å². The number of carbonyl (C=O) groups is 1. The summed E-state index contributed by atoms with van der Waals surface area (Å²) in [6, 6.07) is 0.389. The van der Waals surface area contributed by atoms with Crippen molar-refractivity contribution in [1.29, 1.82) is 0 Å². The minimum Gasteiger partial charge on any atom is -0.488 e. The molecular weight excluding hydrogens is 308 g/mol. The van der Waals surface area contributed by atoms with Crippen LogP contribution in [0.15, 0.2) is 16.9 Å². The minimum atomic E-state index is 0.216. The van der Waals surface area contributed by atoms with Gasteiger partial charge in [-0.25, -0.2) is 0 Å². The predicted octanol–water partition coefficient (Wildman–Crippen LogP) is 2.68. The molecule has 1 aliphatic carbocycles. The molecule has 1 saturated carbocycles. The van der Waals surface area contributed by atoms with Crippen molar-refractivity contribution in [3.8, 4) is 5.75 Å². The molecular formula is C14H17BrN2O2. The lowest BCUT2D eigenvalue weighted by molar-refractivity contribution is -0.133. The summed E-state index contributed by atoms with van der Waals surface area (Å²) in [6.07, 6.45) is 7.36. The maximum Gasteiger partial charge on any atom is 0.222 e. The Morgan fingerprint density at radius 2 is 2.21 bits per heavy atom. The molecule has 3 rings (SSSR count). The lowest BCUT2D eigenvalue weighted by Crippen LogP contribution is -2.49. The molecule has 5 heteroatoms. The van der Waals surface area contributed by atoms with E-state index in [1.807, 2.05) is 11.8 Å². The van der Waals surface area contributed by atoms with Gasteiger partial charge in [-0.15, -0.1) is 0 Å². The summed E-state index contributed by atoms with van der Waals surface area (Å²) >= 11 is 3.45. The fourth-order valence-corrected chi connectivity index (χ4v) is 3.04. The number of hydrogen-bond donors (Lipinski definition) is 0. The zero-order valence-electron chi connectivity index (χ0n) is 10.9. The smallest absolute Gasteiger partial charge is 0.222 e. The van der Waals surface area contributed by atoms with E-state index < -0.39 is 0 Å². The van der Waals surface area contributed by atoms with Gasteiger partial charge in [-0.3, -0.25) is 9.78 Å². The fourth-order valence-electron chi connectivity index (χ4n) is 2.72. The van der Waals surface area contributed by atoms with Gasteiger partial charge in [0, 0.05) is 48.1 Å². The van der Waals surface area contributed by atoms with Gasteiger partial charge in [0.15, 0.2) is 0 Å². The van der Waals surface area contributed by atoms with Crippen LogP contribution in [-0.4, -0.2) is 34.5 Å². The summed E-state index contributed by atoms with van der Waals surface area (Å²) in [5.41, 5.74) is 1.08. The van der Waals surface area contributed by atoms with Crippen LogP contribution in [0.4, 0.5) is 0 Å². The van der Waals surface area contributed by atoms with Crippen LogP contribution in [0.5, 0.6) is 5.75 Å². The number of carbonyl (C=O) groups excluding carboxylic acids is 1. The Morgan fingerprint density at radius 3 is 2.89 bits per heavy atom. The van der Waals surface area contributed by atoms with Gasteiger partial charge >= 0.3 is 0 Å². The van der Waals surface area contributed by atoms with Crippen molar-refractivity contribution in [2.24, 2.45) is 0 Å². The third-order valence-corrected chi connectivity index (χ3v) is 4.82. The van der Waals surface area contributed by atoms with Crippen molar-refractivity contribution in [1.82, 2.24) is 9.88 Å². The molecule has 0 atom stereocenters. The summed E-state index contributed by atoms with van der Waals surface area (Å²) in [6.45, 7) is 2.94. The maximum atomic E-state index is 11.6. The topological polar surface area (TPSA) is 42.4 Å². The van der Waals surface area contributed by atoms with E-state index in [2.05, 4.69) is 20.9 Å². The summed E-state index contributed by atoms with van der Waals surface area (Å²) in [4.78, 5) is 17.8. The number of likely N-dealkylation sites (tertiary alicyclic amines) is 1. The molecule has 0 spiro atoms. The molecule has 102 valence electrons. The summed E-state index contributed by atoms with van der Waals surface area (Å²) in [7, 11) is 0. The largest absolute Gasteiger partial charge is 0.488 e. The van der Waals surface area contributed by atoms with Crippen molar-refractivity contribution in [2.75, 3.05) is 6.54 Å². The van der Waals surface area contributed by atoms with Crippen LogP contribution < -0.4 is 4.74 Å². The van der Waals surface area contributed by atoms with E-state index in [1.165, 1.54) is 0 Å². The lowest BCUT2D eigenvalue weighted by atomic mass is 9.88. The second kappa shape index (κ2) is 5.12. The van der Waals surface area contributed by atoms with E-state index in [1.54, 1.807) is 12.4 Å². The van der Waals surface area contributed by atoms with Gasteiger partial charge in [0.2, 0.25) is 5.91 Å². The van der Waals surface area contributed by atoms with Gasteiger partial charge in [0.25, 0.3) is 0 Å². The molecule has 1 aromatic heterocycles. The summed E-state index contributed by atoms with van der Waals surface area (Å²) in [5.74, 6) is 1.15. The molecule has 0 aromatic carbocycles. The molecule has 2 aliphatic rings. The van der Waals surface area contributed by atoms with Crippen molar-refractivity contribution in [3.05, 3.63) is 22.4 Å². The quantitative estimate of drug-likeness (QED) is 0.858. The molecule has 1 aliphatic heterocycles. The molecule has 0 radical (unpaired) electrons. The number of nitrogens with zero attached hydrogens (tertiary/aromatic N) is 2. The number of hydrogen-bond acceptors (Lipinski definition) is 3. The van der Waals surface area contributed by atoms with Gasteiger partial charge < -0.3 is 9.64 Å². The third-order valence-electron chi connectivity index (χ3n) is 4.02. The monoisotopic (exact) mass is 324 g/mol. The van der Waals surface area contributed by atoms with Crippen LogP contribution in [0, 0.1) is 6.92 Å². The first kappa shape index (κ1) is 12.9. The number of ether oxygens (including phenoxy) is 1. The Morgan fingerprint density at radius 1 is 1.42 bits per heavy atom. The molecule has 1 amide bonds. The van der Waals surface area contributed by atoms with Crippen LogP contribution in [0.2, 0.25) is 0 Å². The molecule has 0 unspecified atom stereocenters. The van der Waals surface area contributed by atoms with E-state index in [-0.39, 0.29) is 6.10 Å². The van der Waals surface area contributed by atoms with Gasteiger partial charge in [0.1, 0.15) is 11.9 Å². The zero-order valence-corrected chi connectivity index (χ0v) is 12.5. The Bertz CT molecular complexity index is 500. The van der Waals surface area contributed by atoms with Crippen molar-refractivity contribution in [2.45, 2.75) is 44.8 Å². The Labute approximate surface area is 121 Å². The highest BCUT2D eigenvalue weighted by atomic mass is 79.9. The molecule has 1 aromatic rings. The lowest BCUT2D eigenvalue weighted by Gasteiger charge is -2.41. The predicted molar refractivity (Wildman–Crippen MR) is 75.1 cm³/mol. The molecule has 4 nitrogen and oxygen atoms in total. The average molecular weight is 325 g/mol. The number of pyridine rings is 1. The van der Waals surface area contributed by atoms with E-state index in [4.69, 9.17) is 4.74 Å². The fraction of sp³-hybridized carbons (Fsp3) is 0.571. The average Bonchev–Trinajstić information content (AvgIpc) is 2.74. The number of amides is 1. The molecule has 0 N–H and O–H groups in total. The SMILES string of the molecule is Cc1c(Br)cncc1OC1CC(N2CCCC2=O)C1. The highest BCUT2D eigenvalue weighted by molar-refractivity contribution is 9.10. The first-order chi connectivity index (χ1) is 9.15. The number of aromatic nitrogens is 1. The third kappa shape index (κ3) is 2.48. The second-order valence-electron chi connectivity index (χ2n) is 5.30. The molecule has 2 fully saturated rings. The Kier molecular flexibility index (Phi) is 3.48. The van der Waals surface area contributed by atoms with E-state index in [0.29, 0.717) is 11.9 Å². The van der Waals surface area contributed by atoms with Gasteiger partial charge in [-0.2, -0.15) is 0 Å². The van der Waals surface area contributed by atoms with Crippen molar-refractivity contribution >= 4 is 21.8 Å². The van der Waals surface area contributed by atoms with Crippen LogP contribution in [0.25, 0.3) is 0 Å². The van der Waals surface area contributed by atoms with Crippen LogP contribution >= 0.6 is 15.9 Å². The van der Waals surface area contributed by atoms with E-state index in [9.17, 15) is 4.79 Å². The molecule has 0 bridgehead atoms. The first-order valence-corrected chi connectivity index (χ1v) is 7.50. The molecule has 1 saturated heterocycles. The highest BCUT2D eigenvalue weighted by Crippen LogP contribution is 2.34. The normalized spacial score (nSPS) is 26.4. The number of rotatable bonds is 3. The maximum absolute atomic E-state index is 11.6. The van der Waals surface area contributed by atoms with Crippen molar-refractivity contribution < 1.29 is 9.53 Å². The van der Waals surface area contributed by atoms with Crippen LogP contribution in [0.3, 0.4) is 0 Å². The van der Waals surface area contributed by atoms with Crippen LogP contribution in [-0.2, 0) is 4.79 Å².